The molecule has 1 atom stereocenters. The maximum atomic E-state index is 2.30. The van der Waals surface area contributed by atoms with Gasteiger partial charge in [-0.1, -0.05) is 136 Å². The summed E-state index contributed by atoms with van der Waals surface area (Å²) in [4.78, 5) is 0. The Morgan fingerprint density at radius 1 is 0.529 bits per heavy atom. The molecule has 0 nitrogen and oxygen atoms in total. The lowest BCUT2D eigenvalue weighted by molar-refractivity contribution is 0.759. The van der Waals surface area contributed by atoms with Crippen molar-refractivity contribution in [2.24, 2.45) is 0 Å². The molecule has 0 heteroatoms. The van der Waals surface area contributed by atoms with Gasteiger partial charge in [-0.2, -0.15) is 0 Å². The van der Waals surface area contributed by atoms with E-state index in [0.717, 1.165) is 19.3 Å². The quantitative estimate of drug-likeness (QED) is 0.214. The van der Waals surface area contributed by atoms with Crippen LogP contribution in [0.2, 0.25) is 0 Å². The second-order valence-corrected chi connectivity index (χ2v) is 9.40. The lowest BCUT2D eigenvalue weighted by atomic mass is 9.93. The third-order valence-corrected chi connectivity index (χ3v) is 6.60. The highest BCUT2D eigenvalue weighted by Crippen LogP contribution is 2.21. The van der Waals surface area contributed by atoms with Gasteiger partial charge in [-0.25, -0.2) is 0 Å². The van der Waals surface area contributed by atoms with Gasteiger partial charge in [0.25, 0.3) is 0 Å². The van der Waals surface area contributed by atoms with Crippen LogP contribution in [0.15, 0.2) is 103 Å². The molecule has 0 aliphatic carbocycles. The van der Waals surface area contributed by atoms with Crippen LogP contribution in [0.5, 0.6) is 0 Å². The smallest absolute Gasteiger partial charge is 0.0150 e. The van der Waals surface area contributed by atoms with Crippen molar-refractivity contribution < 1.29 is 0 Å². The minimum Gasteiger partial charge on any atom is -0.0651 e. The molecule has 4 aromatic carbocycles. The number of hydrogen-bond donors (Lipinski definition) is 0. The van der Waals surface area contributed by atoms with Crippen molar-refractivity contribution >= 4 is 12.2 Å². The van der Waals surface area contributed by atoms with E-state index < -0.39 is 0 Å². The molecule has 4 aromatic rings. The minimum atomic E-state index is 0.529. The van der Waals surface area contributed by atoms with Gasteiger partial charge in [0.15, 0.2) is 0 Å². The molecule has 4 rings (SSSR count). The standard InChI is InChI=1S/C34H36/c1-3-7-28-10-12-29(13-11-28)14-15-30-16-18-31(19-17-30)20-21-32-22-24-33(25-23-32)26-27(2)34-8-5-4-6-9-34/h4-6,8-13,16-25,27H,3,7,14-15,26H2,1-2H3/b21-20+. The van der Waals surface area contributed by atoms with Crippen molar-refractivity contribution in [1.29, 1.82) is 0 Å². The predicted octanol–water partition coefficient (Wildman–Crippen LogP) is 8.94. The summed E-state index contributed by atoms with van der Waals surface area (Å²) < 4.78 is 0. The van der Waals surface area contributed by atoms with E-state index in [1.54, 1.807) is 0 Å². The molecule has 0 aromatic heterocycles. The first kappa shape index (κ1) is 23.8. The van der Waals surface area contributed by atoms with Crippen molar-refractivity contribution in [3.05, 3.63) is 142 Å². The van der Waals surface area contributed by atoms with Crippen LogP contribution in [0, 0.1) is 0 Å². The Kier molecular flexibility index (Phi) is 8.52. The fourth-order valence-electron chi connectivity index (χ4n) is 4.46. The fraction of sp³-hybridized carbons (Fsp3) is 0.235. The Bertz CT molecular complexity index is 1150. The van der Waals surface area contributed by atoms with Crippen molar-refractivity contribution in [3.8, 4) is 0 Å². The highest BCUT2D eigenvalue weighted by Gasteiger charge is 2.06. The van der Waals surface area contributed by atoms with Gasteiger partial charge >= 0.3 is 0 Å². The summed E-state index contributed by atoms with van der Waals surface area (Å²) in [5.74, 6) is 0.529. The van der Waals surface area contributed by atoms with Gasteiger partial charge in [0.05, 0.1) is 0 Å². The molecule has 0 N–H and O–H groups in total. The molecule has 0 aliphatic rings. The van der Waals surface area contributed by atoms with Crippen LogP contribution in [-0.4, -0.2) is 0 Å². The molecular formula is C34H36. The summed E-state index contributed by atoms with van der Waals surface area (Å²) in [6, 6.07) is 37.9. The van der Waals surface area contributed by atoms with Gasteiger partial charge in [0.1, 0.15) is 0 Å². The van der Waals surface area contributed by atoms with E-state index in [0.29, 0.717) is 5.92 Å². The van der Waals surface area contributed by atoms with E-state index in [9.17, 15) is 0 Å². The molecule has 0 fully saturated rings. The van der Waals surface area contributed by atoms with E-state index >= 15 is 0 Å². The van der Waals surface area contributed by atoms with E-state index in [2.05, 4.69) is 129 Å². The van der Waals surface area contributed by atoms with Gasteiger partial charge < -0.3 is 0 Å². The molecule has 0 aliphatic heterocycles. The molecule has 0 saturated carbocycles. The summed E-state index contributed by atoms with van der Waals surface area (Å²) in [6.07, 6.45) is 10.0. The summed E-state index contributed by atoms with van der Waals surface area (Å²) >= 11 is 0. The monoisotopic (exact) mass is 444 g/mol. The highest BCUT2D eigenvalue weighted by atomic mass is 14.1. The van der Waals surface area contributed by atoms with Crippen molar-refractivity contribution in [1.82, 2.24) is 0 Å². The van der Waals surface area contributed by atoms with E-state index in [1.165, 1.54) is 51.8 Å². The molecule has 0 spiro atoms. The molecule has 0 saturated heterocycles. The minimum absolute atomic E-state index is 0.529. The van der Waals surface area contributed by atoms with Crippen molar-refractivity contribution in [3.63, 3.8) is 0 Å². The molecule has 34 heavy (non-hydrogen) atoms. The predicted molar refractivity (Wildman–Crippen MR) is 148 cm³/mol. The Labute approximate surface area is 206 Å². The zero-order chi connectivity index (χ0) is 23.6. The first-order valence-electron chi connectivity index (χ1n) is 12.7. The number of benzene rings is 4. The van der Waals surface area contributed by atoms with Crippen LogP contribution in [-0.2, 0) is 25.7 Å². The Morgan fingerprint density at radius 2 is 0.971 bits per heavy atom. The van der Waals surface area contributed by atoms with Crippen LogP contribution in [0.3, 0.4) is 0 Å². The van der Waals surface area contributed by atoms with E-state index in [1.807, 2.05) is 0 Å². The first-order valence-corrected chi connectivity index (χ1v) is 12.7. The van der Waals surface area contributed by atoms with Gasteiger partial charge in [-0.15, -0.1) is 0 Å². The largest absolute Gasteiger partial charge is 0.0651 e. The summed E-state index contributed by atoms with van der Waals surface area (Å²) in [5, 5.41) is 0. The van der Waals surface area contributed by atoms with Crippen LogP contribution in [0.25, 0.3) is 12.2 Å². The molecule has 1 unspecified atom stereocenters. The zero-order valence-corrected chi connectivity index (χ0v) is 20.6. The number of hydrogen-bond acceptors (Lipinski definition) is 0. The molecule has 0 radical (unpaired) electrons. The second-order valence-electron chi connectivity index (χ2n) is 9.40. The van der Waals surface area contributed by atoms with Gasteiger partial charge in [0.2, 0.25) is 0 Å². The highest BCUT2D eigenvalue weighted by molar-refractivity contribution is 5.69. The molecule has 0 bridgehead atoms. The second kappa shape index (κ2) is 12.2. The number of aryl methyl sites for hydroxylation is 3. The molecule has 0 amide bonds. The maximum Gasteiger partial charge on any atom is -0.0150 e. The summed E-state index contributed by atoms with van der Waals surface area (Å²) in [5.41, 5.74) is 9.54. The SMILES string of the molecule is CCCc1ccc(CCc2ccc(/C=C/c3ccc(CC(C)c4ccccc4)cc3)cc2)cc1. The summed E-state index contributed by atoms with van der Waals surface area (Å²) in [6.45, 7) is 4.53. The fourth-order valence-corrected chi connectivity index (χ4v) is 4.46. The first-order chi connectivity index (χ1) is 16.7. The normalized spacial score (nSPS) is 12.2. The Hall–Kier alpha value is -3.38. The number of rotatable bonds is 10. The van der Waals surface area contributed by atoms with Crippen molar-refractivity contribution in [2.75, 3.05) is 0 Å². The molecular weight excluding hydrogens is 408 g/mol. The summed E-state index contributed by atoms with van der Waals surface area (Å²) in [7, 11) is 0. The Balaban J connectivity index is 1.28. The topological polar surface area (TPSA) is 0 Å². The van der Waals surface area contributed by atoms with Crippen LogP contribution >= 0.6 is 0 Å². The van der Waals surface area contributed by atoms with Crippen LogP contribution < -0.4 is 0 Å². The third-order valence-electron chi connectivity index (χ3n) is 6.60. The van der Waals surface area contributed by atoms with Crippen LogP contribution in [0.1, 0.15) is 65.1 Å². The van der Waals surface area contributed by atoms with Gasteiger partial charge in [-0.05, 0) is 70.5 Å². The maximum absolute atomic E-state index is 2.30. The van der Waals surface area contributed by atoms with E-state index in [-0.39, 0.29) is 0 Å². The average molecular weight is 445 g/mol. The average Bonchev–Trinajstić information content (AvgIpc) is 2.89. The lowest BCUT2D eigenvalue weighted by Crippen LogP contribution is -1.98. The Morgan fingerprint density at radius 3 is 1.47 bits per heavy atom. The van der Waals surface area contributed by atoms with Crippen LogP contribution in [0.4, 0.5) is 0 Å². The van der Waals surface area contributed by atoms with Gasteiger partial charge in [-0.3, -0.25) is 0 Å². The third kappa shape index (κ3) is 7.06. The van der Waals surface area contributed by atoms with Crippen molar-refractivity contribution in [2.45, 2.75) is 51.9 Å². The van der Waals surface area contributed by atoms with Gasteiger partial charge in [0, 0.05) is 0 Å². The molecule has 0 heterocycles. The lowest BCUT2D eigenvalue weighted by Gasteiger charge is -2.12. The zero-order valence-electron chi connectivity index (χ0n) is 20.6. The molecule has 172 valence electrons. The van der Waals surface area contributed by atoms with E-state index in [4.69, 9.17) is 0 Å².